The van der Waals surface area contributed by atoms with Crippen molar-refractivity contribution in [3.8, 4) is 5.69 Å². The highest BCUT2D eigenvalue weighted by molar-refractivity contribution is 5.78. The SMILES string of the molecule is CN(CC(C)(C)O)C(=O)Cc1ccc(-n2cnnn2)cc1. The van der Waals surface area contributed by atoms with Gasteiger partial charge in [0.25, 0.3) is 0 Å². The van der Waals surface area contributed by atoms with Gasteiger partial charge in [0, 0.05) is 13.6 Å². The average Bonchev–Trinajstić information content (AvgIpc) is 2.91. The summed E-state index contributed by atoms with van der Waals surface area (Å²) in [4.78, 5) is 13.6. The highest BCUT2D eigenvalue weighted by atomic mass is 16.3. The summed E-state index contributed by atoms with van der Waals surface area (Å²) in [5.74, 6) is -0.0349. The molecule has 0 saturated heterocycles. The van der Waals surface area contributed by atoms with Gasteiger partial charge in [-0.3, -0.25) is 4.79 Å². The first-order valence-electron chi connectivity index (χ1n) is 6.64. The van der Waals surface area contributed by atoms with Gasteiger partial charge in [-0.2, -0.15) is 0 Å². The fourth-order valence-corrected chi connectivity index (χ4v) is 2.02. The minimum absolute atomic E-state index is 0.0349. The van der Waals surface area contributed by atoms with Crippen LogP contribution in [0.1, 0.15) is 19.4 Å². The molecular weight excluding hydrogens is 270 g/mol. The largest absolute Gasteiger partial charge is 0.389 e. The minimum atomic E-state index is -0.894. The lowest BCUT2D eigenvalue weighted by Crippen LogP contribution is -2.40. The predicted octanol–water partition coefficient (Wildman–Crippen LogP) is 0.434. The fourth-order valence-electron chi connectivity index (χ4n) is 2.02. The summed E-state index contributed by atoms with van der Waals surface area (Å²) in [7, 11) is 1.69. The molecule has 0 spiro atoms. The summed E-state index contributed by atoms with van der Waals surface area (Å²) >= 11 is 0. The lowest BCUT2D eigenvalue weighted by molar-refractivity contribution is -0.131. The number of likely N-dealkylation sites (N-methyl/N-ethyl adjacent to an activating group) is 1. The van der Waals surface area contributed by atoms with Crippen LogP contribution in [0.15, 0.2) is 30.6 Å². The molecule has 7 nitrogen and oxygen atoms in total. The highest BCUT2D eigenvalue weighted by Crippen LogP contribution is 2.10. The van der Waals surface area contributed by atoms with E-state index in [1.807, 2.05) is 24.3 Å². The molecule has 0 aliphatic carbocycles. The van der Waals surface area contributed by atoms with Crippen LogP contribution in [-0.2, 0) is 11.2 Å². The third-order valence-electron chi connectivity index (χ3n) is 2.96. The predicted molar refractivity (Wildman–Crippen MR) is 76.8 cm³/mol. The van der Waals surface area contributed by atoms with Crippen molar-refractivity contribution in [2.24, 2.45) is 0 Å². The Morgan fingerprint density at radius 1 is 1.33 bits per heavy atom. The lowest BCUT2D eigenvalue weighted by Gasteiger charge is -2.25. The molecule has 21 heavy (non-hydrogen) atoms. The maximum absolute atomic E-state index is 12.1. The van der Waals surface area contributed by atoms with E-state index in [0.717, 1.165) is 11.3 Å². The van der Waals surface area contributed by atoms with Gasteiger partial charge in [0.05, 0.1) is 17.7 Å². The number of nitrogens with zero attached hydrogens (tertiary/aromatic N) is 5. The van der Waals surface area contributed by atoms with E-state index >= 15 is 0 Å². The second kappa shape index (κ2) is 6.01. The van der Waals surface area contributed by atoms with Crippen molar-refractivity contribution in [3.63, 3.8) is 0 Å². The third kappa shape index (κ3) is 4.35. The van der Waals surface area contributed by atoms with Gasteiger partial charge < -0.3 is 10.0 Å². The number of amides is 1. The zero-order valence-electron chi connectivity index (χ0n) is 12.4. The summed E-state index contributed by atoms with van der Waals surface area (Å²) < 4.78 is 1.55. The standard InChI is InChI=1S/C14H19N5O2/c1-14(2,21)9-18(3)13(20)8-11-4-6-12(7-5-11)19-10-15-16-17-19/h4-7,10,21H,8-9H2,1-3H3. The molecule has 0 atom stereocenters. The number of hydrogen-bond donors (Lipinski definition) is 1. The number of carbonyl (C=O) groups excluding carboxylic acids is 1. The van der Waals surface area contributed by atoms with Crippen molar-refractivity contribution in [2.45, 2.75) is 25.9 Å². The molecule has 1 N–H and O–H groups in total. The van der Waals surface area contributed by atoms with Crippen LogP contribution in [0.2, 0.25) is 0 Å². The quantitative estimate of drug-likeness (QED) is 0.863. The van der Waals surface area contributed by atoms with Crippen LogP contribution in [0.5, 0.6) is 0 Å². The Morgan fingerprint density at radius 3 is 2.52 bits per heavy atom. The average molecular weight is 289 g/mol. The number of hydrogen-bond acceptors (Lipinski definition) is 5. The van der Waals surface area contributed by atoms with E-state index in [-0.39, 0.29) is 5.91 Å². The van der Waals surface area contributed by atoms with Gasteiger partial charge in [-0.05, 0) is 42.0 Å². The van der Waals surface area contributed by atoms with Crippen molar-refractivity contribution >= 4 is 5.91 Å². The third-order valence-corrected chi connectivity index (χ3v) is 2.96. The molecule has 1 aromatic carbocycles. The van der Waals surface area contributed by atoms with E-state index in [2.05, 4.69) is 15.5 Å². The number of rotatable bonds is 5. The van der Waals surface area contributed by atoms with Crippen molar-refractivity contribution in [1.29, 1.82) is 0 Å². The molecule has 0 bridgehead atoms. The molecule has 0 aliphatic rings. The number of tetrazole rings is 1. The van der Waals surface area contributed by atoms with E-state index < -0.39 is 5.60 Å². The van der Waals surface area contributed by atoms with Crippen LogP contribution in [0.4, 0.5) is 0 Å². The lowest BCUT2D eigenvalue weighted by atomic mass is 10.1. The van der Waals surface area contributed by atoms with E-state index in [1.54, 1.807) is 25.6 Å². The highest BCUT2D eigenvalue weighted by Gasteiger charge is 2.19. The summed E-state index contributed by atoms with van der Waals surface area (Å²) in [6, 6.07) is 7.45. The summed E-state index contributed by atoms with van der Waals surface area (Å²) in [6.45, 7) is 3.66. The Balaban J connectivity index is 1.99. The van der Waals surface area contributed by atoms with Crippen LogP contribution < -0.4 is 0 Å². The van der Waals surface area contributed by atoms with Crippen LogP contribution in [0, 0.1) is 0 Å². The normalized spacial score (nSPS) is 11.4. The molecule has 1 heterocycles. The van der Waals surface area contributed by atoms with Crippen LogP contribution in [0.25, 0.3) is 5.69 Å². The molecule has 7 heteroatoms. The molecule has 1 amide bonds. The molecule has 2 aromatic rings. The molecule has 112 valence electrons. The zero-order chi connectivity index (χ0) is 15.5. The summed E-state index contributed by atoms with van der Waals surface area (Å²) in [6.07, 6.45) is 1.81. The van der Waals surface area contributed by atoms with Gasteiger partial charge in [-0.1, -0.05) is 12.1 Å². The van der Waals surface area contributed by atoms with Crippen LogP contribution in [0.3, 0.4) is 0 Å². The second-order valence-electron chi connectivity index (χ2n) is 5.66. The summed E-state index contributed by atoms with van der Waals surface area (Å²) in [5, 5.41) is 20.7. The Bertz CT molecular complexity index is 587. The van der Waals surface area contributed by atoms with E-state index in [4.69, 9.17) is 0 Å². The fraction of sp³-hybridized carbons (Fsp3) is 0.429. The van der Waals surface area contributed by atoms with Gasteiger partial charge in [0.1, 0.15) is 6.33 Å². The first-order chi connectivity index (χ1) is 9.85. The number of benzene rings is 1. The second-order valence-corrected chi connectivity index (χ2v) is 5.66. The Labute approximate surface area is 123 Å². The van der Waals surface area contributed by atoms with Crippen LogP contribution in [-0.4, -0.2) is 55.3 Å². The molecule has 0 fully saturated rings. The molecule has 0 unspecified atom stereocenters. The van der Waals surface area contributed by atoms with Gasteiger partial charge in [0.15, 0.2) is 0 Å². The monoisotopic (exact) mass is 289 g/mol. The Kier molecular flexibility index (Phi) is 4.32. The first-order valence-corrected chi connectivity index (χ1v) is 6.64. The van der Waals surface area contributed by atoms with E-state index in [1.165, 1.54) is 11.2 Å². The van der Waals surface area contributed by atoms with Crippen molar-refractivity contribution in [3.05, 3.63) is 36.2 Å². The van der Waals surface area contributed by atoms with Gasteiger partial charge in [-0.25, -0.2) is 4.68 Å². The Hall–Kier alpha value is -2.28. The van der Waals surface area contributed by atoms with Crippen molar-refractivity contribution < 1.29 is 9.90 Å². The number of carbonyl (C=O) groups is 1. The van der Waals surface area contributed by atoms with Gasteiger partial charge >= 0.3 is 0 Å². The van der Waals surface area contributed by atoms with Crippen LogP contribution >= 0.6 is 0 Å². The van der Waals surface area contributed by atoms with Crippen molar-refractivity contribution in [1.82, 2.24) is 25.1 Å². The smallest absolute Gasteiger partial charge is 0.226 e. The van der Waals surface area contributed by atoms with Gasteiger partial charge in [-0.15, -0.1) is 5.10 Å². The maximum atomic E-state index is 12.1. The minimum Gasteiger partial charge on any atom is -0.389 e. The number of aliphatic hydroxyl groups is 1. The molecule has 1 aromatic heterocycles. The molecule has 0 radical (unpaired) electrons. The first kappa shape index (κ1) is 15.1. The molecular formula is C14H19N5O2. The molecule has 0 saturated carbocycles. The summed E-state index contributed by atoms with van der Waals surface area (Å²) in [5.41, 5.74) is 0.842. The zero-order valence-corrected chi connectivity index (χ0v) is 12.4. The van der Waals surface area contributed by atoms with Gasteiger partial charge in [0.2, 0.25) is 5.91 Å². The van der Waals surface area contributed by atoms with E-state index in [0.29, 0.717) is 13.0 Å². The molecule has 2 rings (SSSR count). The topological polar surface area (TPSA) is 84.1 Å². The molecule has 0 aliphatic heterocycles. The number of aromatic nitrogens is 4. The van der Waals surface area contributed by atoms with E-state index in [9.17, 15) is 9.90 Å². The Morgan fingerprint density at radius 2 is 2.00 bits per heavy atom. The van der Waals surface area contributed by atoms with Crippen molar-refractivity contribution in [2.75, 3.05) is 13.6 Å². The maximum Gasteiger partial charge on any atom is 0.226 e.